The molecule has 0 aliphatic carbocycles. The molecular weight excluding hydrogens is 290 g/mol. The molecule has 1 unspecified atom stereocenters. The average molecular weight is 313 g/mol. The molecule has 2 aromatic carbocycles. The predicted molar refractivity (Wildman–Crippen MR) is 91.7 cm³/mol. The van der Waals surface area contributed by atoms with Crippen LogP contribution in [0.2, 0.25) is 0 Å². The highest BCUT2D eigenvalue weighted by atomic mass is 16.5. The molecule has 0 aliphatic heterocycles. The highest BCUT2D eigenvalue weighted by molar-refractivity contribution is 5.91. The van der Waals surface area contributed by atoms with Gasteiger partial charge in [-0.25, -0.2) is 0 Å². The van der Waals surface area contributed by atoms with Gasteiger partial charge in [0.1, 0.15) is 5.75 Å². The van der Waals surface area contributed by atoms with Crippen molar-refractivity contribution >= 4 is 11.6 Å². The number of aliphatic hydroxyl groups excluding tert-OH is 1. The Morgan fingerprint density at radius 3 is 2.65 bits per heavy atom. The van der Waals surface area contributed by atoms with E-state index in [9.17, 15) is 9.90 Å². The first-order valence-corrected chi connectivity index (χ1v) is 7.75. The molecule has 0 aromatic heterocycles. The molecule has 0 spiro atoms. The number of hydrogen-bond donors (Lipinski definition) is 2. The fourth-order valence-corrected chi connectivity index (χ4v) is 2.32. The Hall–Kier alpha value is -2.33. The number of hydrogen-bond acceptors (Lipinski definition) is 3. The molecule has 0 heterocycles. The normalized spacial score (nSPS) is 11.8. The van der Waals surface area contributed by atoms with Crippen molar-refractivity contribution in [2.24, 2.45) is 0 Å². The standard InChI is InChI=1S/C19H23NO3/c1-13-7-6-10-18(14(13)2)23-12-11-19(22)20-17-9-5-4-8-16(17)15(3)21/h4-10,15,21H,11-12H2,1-3H3,(H,20,22). The van der Waals surface area contributed by atoms with Gasteiger partial charge in [0.25, 0.3) is 0 Å². The zero-order chi connectivity index (χ0) is 16.8. The Bertz CT molecular complexity index is 680. The fraction of sp³-hybridized carbons (Fsp3) is 0.316. The van der Waals surface area contributed by atoms with Gasteiger partial charge in [0.2, 0.25) is 5.91 Å². The van der Waals surface area contributed by atoms with Crippen LogP contribution in [0.3, 0.4) is 0 Å². The topological polar surface area (TPSA) is 58.6 Å². The van der Waals surface area contributed by atoms with E-state index in [0.29, 0.717) is 17.9 Å². The molecule has 0 saturated heterocycles. The number of carbonyl (C=O) groups is 1. The summed E-state index contributed by atoms with van der Waals surface area (Å²) in [5.41, 5.74) is 3.60. The molecule has 4 heteroatoms. The van der Waals surface area contributed by atoms with Crippen molar-refractivity contribution in [3.05, 3.63) is 59.2 Å². The lowest BCUT2D eigenvalue weighted by molar-refractivity contribution is -0.116. The van der Waals surface area contributed by atoms with Crippen LogP contribution in [0, 0.1) is 13.8 Å². The van der Waals surface area contributed by atoms with Gasteiger partial charge in [-0.3, -0.25) is 4.79 Å². The number of ether oxygens (including phenoxy) is 1. The van der Waals surface area contributed by atoms with Gasteiger partial charge in [0, 0.05) is 11.3 Å². The largest absolute Gasteiger partial charge is 0.493 e. The summed E-state index contributed by atoms with van der Waals surface area (Å²) in [5, 5.41) is 12.5. The first kappa shape index (κ1) is 17.0. The van der Waals surface area contributed by atoms with Crippen LogP contribution in [0.5, 0.6) is 5.75 Å². The third-order valence-corrected chi connectivity index (χ3v) is 3.83. The highest BCUT2D eigenvalue weighted by Crippen LogP contribution is 2.23. The van der Waals surface area contributed by atoms with E-state index in [1.165, 1.54) is 0 Å². The monoisotopic (exact) mass is 313 g/mol. The molecule has 2 rings (SSSR count). The van der Waals surface area contributed by atoms with E-state index < -0.39 is 6.10 Å². The lowest BCUT2D eigenvalue weighted by atomic mass is 10.1. The van der Waals surface area contributed by atoms with Gasteiger partial charge in [-0.15, -0.1) is 0 Å². The number of rotatable bonds is 6. The molecule has 2 N–H and O–H groups in total. The highest BCUT2D eigenvalue weighted by Gasteiger charge is 2.10. The van der Waals surface area contributed by atoms with Crippen LogP contribution < -0.4 is 10.1 Å². The minimum absolute atomic E-state index is 0.136. The number of aliphatic hydroxyl groups is 1. The Labute approximate surface area is 137 Å². The molecular formula is C19H23NO3. The Balaban J connectivity index is 1.90. The van der Waals surface area contributed by atoms with Crippen LogP contribution in [-0.4, -0.2) is 17.6 Å². The van der Waals surface area contributed by atoms with Gasteiger partial charge in [-0.2, -0.15) is 0 Å². The van der Waals surface area contributed by atoms with Crippen LogP contribution >= 0.6 is 0 Å². The van der Waals surface area contributed by atoms with Crippen molar-refractivity contribution in [2.45, 2.75) is 33.3 Å². The molecule has 0 fully saturated rings. The average Bonchev–Trinajstić information content (AvgIpc) is 2.52. The van der Waals surface area contributed by atoms with Gasteiger partial charge >= 0.3 is 0 Å². The molecule has 0 radical (unpaired) electrons. The maximum absolute atomic E-state index is 12.1. The molecule has 0 aliphatic rings. The lowest BCUT2D eigenvalue weighted by Gasteiger charge is -2.14. The van der Waals surface area contributed by atoms with Crippen molar-refractivity contribution in [1.82, 2.24) is 0 Å². The Kier molecular flexibility index (Phi) is 5.77. The number of amides is 1. The maximum Gasteiger partial charge on any atom is 0.227 e. The van der Waals surface area contributed by atoms with Gasteiger partial charge in [-0.1, -0.05) is 30.3 Å². The zero-order valence-electron chi connectivity index (χ0n) is 13.8. The number of anilines is 1. The van der Waals surface area contributed by atoms with E-state index in [-0.39, 0.29) is 12.3 Å². The second kappa shape index (κ2) is 7.79. The second-order valence-electron chi connectivity index (χ2n) is 5.61. The summed E-state index contributed by atoms with van der Waals surface area (Å²) in [5.74, 6) is 0.672. The number of benzene rings is 2. The second-order valence-corrected chi connectivity index (χ2v) is 5.61. The first-order valence-electron chi connectivity index (χ1n) is 7.75. The van der Waals surface area contributed by atoms with Crippen molar-refractivity contribution in [2.75, 3.05) is 11.9 Å². The van der Waals surface area contributed by atoms with Crippen molar-refractivity contribution in [1.29, 1.82) is 0 Å². The zero-order valence-corrected chi connectivity index (χ0v) is 13.8. The minimum atomic E-state index is -0.627. The minimum Gasteiger partial charge on any atom is -0.493 e. The van der Waals surface area contributed by atoms with E-state index >= 15 is 0 Å². The van der Waals surface area contributed by atoms with E-state index in [2.05, 4.69) is 5.32 Å². The molecule has 1 atom stereocenters. The smallest absolute Gasteiger partial charge is 0.227 e. The van der Waals surface area contributed by atoms with E-state index in [4.69, 9.17) is 4.74 Å². The Morgan fingerprint density at radius 1 is 1.17 bits per heavy atom. The van der Waals surface area contributed by atoms with Crippen LogP contribution in [0.1, 0.15) is 36.1 Å². The van der Waals surface area contributed by atoms with Gasteiger partial charge in [0.15, 0.2) is 0 Å². The molecule has 0 bridgehead atoms. The van der Waals surface area contributed by atoms with Crippen molar-refractivity contribution < 1.29 is 14.6 Å². The molecule has 23 heavy (non-hydrogen) atoms. The van der Waals surface area contributed by atoms with Crippen LogP contribution in [0.25, 0.3) is 0 Å². The fourth-order valence-electron chi connectivity index (χ4n) is 2.32. The van der Waals surface area contributed by atoms with Gasteiger partial charge < -0.3 is 15.2 Å². The summed E-state index contributed by atoms with van der Waals surface area (Å²) in [4.78, 5) is 12.1. The van der Waals surface area contributed by atoms with Gasteiger partial charge in [-0.05, 0) is 44.0 Å². The van der Waals surface area contributed by atoms with E-state index in [1.54, 1.807) is 19.1 Å². The number of para-hydroxylation sites is 1. The summed E-state index contributed by atoms with van der Waals surface area (Å²) < 4.78 is 5.69. The van der Waals surface area contributed by atoms with Crippen molar-refractivity contribution in [3.63, 3.8) is 0 Å². The summed E-state index contributed by atoms with van der Waals surface area (Å²) >= 11 is 0. The quantitative estimate of drug-likeness (QED) is 0.853. The van der Waals surface area contributed by atoms with Crippen LogP contribution in [0.4, 0.5) is 5.69 Å². The summed E-state index contributed by atoms with van der Waals surface area (Å²) in [6.45, 7) is 6.02. The summed E-state index contributed by atoms with van der Waals surface area (Å²) in [7, 11) is 0. The number of carbonyl (C=O) groups excluding carboxylic acids is 1. The Morgan fingerprint density at radius 2 is 1.91 bits per heavy atom. The van der Waals surface area contributed by atoms with Crippen molar-refractivity contribution in [3.8, 4) is 5.75 Å². The summed E-state index contributed by atoms with van der Waals surface area (Å²) in [6.07, 6.45) is -0.376. The SMILES string of the molecule is Cc1cccc(OCCC(=O)Nc2ccccc2C(C)O)c1C. The maximum atomic E-state index is 12.1. The number of nitrogens with one attached hydrogen (secondary N) is 1. The summed E-state index contributed by atoms with van der Waals surface area (Å²) in [6, 6.07) is 13.1. The lowest BCUT2D eigenvalue weighted by Crippen LogP contribution is -2.16. The van der Waals surface area contributed by atoms with Gasteiger partial charge in [0.05, 0.1) is 19.1 Å². The van der Waals surface area contributed by atoms with E-state index in [0.717, 1.165) is 16.9 Å². The molecule has 0 saturated carbocycles. The molecule has 122 valence electrons. The molecule has 2 aromatic rings. The predicted octanol–water partition coefficient (Wildman–Crippen LogP) is 3.76. The molecule has 4 nitrogen and oxygen atoms in total. The van der Waals surface area contributed by atoms with Crippen LogP contribution in [0.15, 0.2) is 42.5 Å². The number of aryl methyl sites for hydroxylation is 1. The first-order chi connectivity index (χ1) is 11.0. The molecule has 1 amide bonds. The third-order valence-electron chi connectivity index (χ3n) is 3.83. The van der Waals surface area contributed by atoms with E-state index in [1.807, 2.05) is 44.2 Å². The third kappa shape index (κ3) is 4.57. The van der Waals surface area contributed by atoms with Crippen LogP contribution in [-0.2, 0) is 4.79 Å².